The van der Waals surface area contributed by atoms with Gasteiger partial charge < -0.3 is 0 Å². The molecule has 0 heteroatoms. The molecule has 0 aromatic carbocycles. The fourth-order valence-electron chi connectivity index (χ4n) is 2.36. The monoisotopic (exact) mass is 160 g/mol. The van der Waals surface area contributed by atoms with Gasteiger partial charge in [-0.2, -0.15) is 0 Å². The van der Waals surface area contributed by atoms with Crippen molar-refractivity contribution in [2.24, 2.45) is 17.3 Å². The van der Waals surface area contributed by atoms with E-state index in [2.05, 4.69) is 45.4 Å². The predicted octanol–water partition coefficient (Wildman–Crippen LogP) is 3.25. The fourth-order valence-corrected chi connectivity index (χ4v) is 2.36. The van der Waals surface area contributed by atoms with Crippen LogP contribution in [0.5, 0.6) is 0 Å². The normalized spacial score (nSPS) is 37.8. The van der Waals surface area contributed by atoms with E-state index in [1.807, 2.05) is 0 Å². The average Bonchev–Trinajstić information content (AvgIpc) is 2.25. The minimum absolute atomic E-state index is 0.319. The summed E-state index contributed by atoms with van der Waals surface area (Å²) in [7, 11) is 0. The minimum Gasteiger partial charge on any atom is -0.0802 e. The van der Waals surface area contributed by atoms with Gasteiger partial charge in [0, 0.05) is 0 Å². The molecule has 0 spiro atoms. The molecular weight excluding hydrogens is 144 g/mol. The van der Waals surface area contributed by atoms with Crippen molar-refractivity contribution in [1.29, 1.82) is 0 Å². The topological polar surface area (TPSA) is 0 Å². The Morgan fingerprint density at radius 2 is 2.25 bits per heavy atom. The number of hydrogen-bond donors (Lipinski definition) is 0. The highest BCUT2D eigenvalue weighted by Gasteiger charge is 2.39. The molecule has 0 amide bonds. The largest absolute Gasteiger partial charge is 0.0802 e. The maximum absolute atomic E-state index is 3.63. The number of fused-ring (bicyclic) bond motifs is 1. The molecular formula is C12H16. The molecule has 2 rings (SSSR count). The second kappa shape index (κ2) is 2.48. The van der Waals surface area contributed by atoms with E-state index in [0.29, 0.717) is 11.3 Å². The lowest BCUT2D eigenvalue weighted by Crippen LogP contribution is -2.09. The molecule has 2 aliphatic carbocycles. The molecule has 2 radical (unpaired) electrons. The van der Waals surface area contributed by atoms with E-state index in [4.69, 9.17) is 0 Å². The zero-order chi connectivity index (χ0) is 8.77. The Labute approximate surface area is 75.4 Å². The van der Waals surface area contributed by atoms with Crippen LogP contribution < -0.4 is 0 Å². The third kappa shape index (κ3) is 1.24. The van der Waals surface area contributed by atoms with Crippen molar-refractivity contribution in [2.75, 3.05) is 0 Å². The van der Waals surface area contributed by atoms with Crippen molar-refractivity contribution >= 4 is 0 Å². The summed E-state index contributed by atoms with van der Waals surface area (Å²) in [4.78, 5) is 0. The van der Waals surface area contributed by atoms with Crippen LogP contribution in [0.25, 0.3) is 0 Å². The van der Waals surface area contributed by atoms with Gasteiger partial charge in [0.2, 0.25) is 0 Å². The molecule has 1 fully saturated rings. The van der Waals surface area contributed by atoms with Gasteiger partial charge in [-0.3, -0.25) is 0 Å². The van der Waals surface area contributed by atoms with E-state index >= 15 is 0 Å². The second-order valence-corrected chi connectivity index (χ2v) is 4.66. The average molecular weight is 160 g/mol. The molecule has 2 atom stereocenters. The first kappa shape index (κ1) is 8.10. The van der Waals surface area contributed by atoms with Gasteiger partial charge in [-0.25, -0.2) is 0 Å². The van der Waals surface area contributed by atoms with Crippen molar-refractivity contribution in [3.8, 4) is 0 Å². The summed E-state index contributed by atoms with van der Waals surface area (Å²) in [6.07, 6.45) is 11.6. The van der Waals surface area contributed by atoms with Crippen molar-refractivity contribution in [1.82, 2.24) is 0 Å². The summed E-state index contributed by atoms with van der Waals surface area (Å²) < 4.78 is 0. The highest BCUT2D eigenvalue weighted by molar-refractivity contribution is 5.28. The summed E-state index contributed by atoms with van der Waals surface area (Å²) in [5.41, 5.74) is 1.85. The number of hydrogen-bond acceptors (Lipinski definition) is 0. The first-order valence-electron chi connectivity index (χ1n) is 4.71. The SMILES string of the molecule is CC1=CC=CC2[C]C(C)(C)CC12. The Kier molecular flexibility index (Phi) is 1.67. The van der Waals surface area contributed by atoms with Crippen LogP contribution >= 0.6 is 0 Å². The molecule has 0 nitrogen and oxygen atoms in total. The summed E-state index contributed by atoms with van der Waals surface area (Å²) in [5.74, 6) is 1.33. The predicted molar refractivity (Wildman–Crippen MR) is 51.5 cm³/mol. The molecule has 2 aliphatic rings. The third-order valence-electron chi connectivity index (χ3n) is 2.98. The molecule has 0 N–H and O–H groups in total. The van der Waals surface area contributed by atoms with Gasteiger partial charge in [0.05, 0.1) is 0 Å². The Morgan fingerprint density at radius 1 is 1.50 bits per heavy atom. The molecule has 0 aliphatic heterocycles. The van der Waals surface area contributed by atoms with Crippen molar-refractivity contribution in [2.45, 2.75) is 27.2 Å². The van der Waals surface area contributed by atoms with Crippen LogP contribution in [-0.4, -0.2) is 0 Å². The van der Waals surface area contributed by atoms with E-state index in [0.717, 1.165) is 5.92 Å². The molecule has 0 aromatic heterocycles. The standard InChI is InChI=1S/C12H16/c1-9-5-4-6-10-7-12(2,3)8-11(9)10/h4-6,10-11H,8H2,1-3H3. The Balaban J connectivity index is 2.24. The van der Waals surface area contributed by atoms with E-state index in [-0.39, 0.29) is 0 Å². The van der Waals surface area contributed by atoms with Gasteiger partial charge in [0.1, 0.15) is 0 Å². The molecule has 2 unspecified atom stereocenters. The number of allylic oxidation sites excluding steroid dienone is 4. The van der Waals surface area contributed by atoms with E-state index < -0.39 is 0 Å². The Morgan fingerprint density at radius 3 is 2.92 bits per heavy atom. The zero-order valence-corrected chi connectivity index (χ0v) is 8.09. The van der Waals surface area contributed by atoms with Gasteiger partial charge in [-0.05, 0) is 37.0 Å². The van der Waals surface area contributed by atoms with Crippen LogP contribution in [0.15, 0.2) is 23.8 Å². The third-order valence-corrected chi connectivity index (χ3v) is 2.98. The van der Waals surface area contributed by atoms with Crippen molar-refractivity contribution < 1.29 is 0 Å². The Bertz CT molecular complexity index is 243. The number of rotatable bonds is 0. The summed E-state index contributed by atoms with van der Waals surface area (Å²) in [5, 5.41) is 0. The maximum Gasteiger partial charge on any atom is -0.00307 e. The van der Waals surface area contributed by atoms with Crippen LogP contribution in [0.1, 0.15) is 27.2 Å². The molecule has 0 bridgehead atoms. The molecule has 12 heavy (non-hydrogen) atoms. The van der Waals surface area contributed by atoms with Gasteiger partial charge in [-0.15, -0.1) is 0 Å². The summed E-state index contributed by atoms with van der Waals surface area (Å²) in [6.45, 7) is 6.81. The highest BCUT2D eigenvalue weighted by atomic mass is 14.4. The van der Waals surface area contributed by atoms with Gasteiger partial charge >= 0.3 is 0 Å². The zero-order valence-electron chi connectivity index (χ0n) is 8.09. The van der Waals surface area contributed by atoms with Gasteiger partial charge in [0.15, 0.2) is 0 Å². The molecule has 0 heterocycles. The van der Waals surface area contributed by atoms with E-state index in [1.165, 1.54) is 12.0 Å². The first-order valence-corrected chi connectivity index (χ1v) is 4.71. The molecule has 0 aromatic rings. The van der Waals surface area contributed by atoms with E-state index in [1.54, 1.807) is 0 Å². The van der Waals surface area contributed by atoms with Crippen LogP contribution in [0.3, 0.4) is 0 Å². The Hall–Kier alpha value is -0.520. The van der Waals surface area contributed by atoms with Crippen LogP contribution in [0.2, 0.25) is 0 Å². The van der Waals surface area contributed by atoms with Crippen LogP contribution in [-0.2, 0) is 0 Å². The molecule has 0 saturated heterocycles. The van der Waals surface area contributed by atoms with Gasteiger partial charge in [-0.1, -0.05) is 37.6 Å². The first-order chi connectivity index (χ1) is 5.58. The summed E-state index contributed by atoms with van der Waals surface area (Å²) >= 11 is 0. The quantitative estimate of drug-likeness (QED) is 0.510. The smallest absolute Gasteiger partial charge is 0.00307 e. The highest BCUT2D eigenvalue weighted by Crippen LogP contribution is 2.48. The van der Waals surface area contributed by atoms with E-state index in [9.17, 15) is 0 Å². The molecule has 64 valence electrons. The second-order valence-electron chi connectivity index (χ2n) is 4.66. The van der Waals surface area contributed by atoms with Crippen molar-refractivity contribution in [3.05, 3.63) is 30.2 Å². The maximum atomic E-state index is 3.63. The van der Waals surface area contributed by atoms with Crippen LogP contribution in [0, 0.1) is 23.7 Å². The fraction of sp³-hybridized carbons (Fsp3) is 0.583. The lowest BCUT2D eigenvalue weighted by atomic mass is 9.85. The summed E-state index contributed by atoms with van der Waals surface area (Å²) in [6, 6.07) is 0. The molecule has 1 saturated carbocycles. The van der Waals surface area contributed by atoms with Crippen molar-refractivity contribution in [3.63, 3.8) is 0 Å². The lowest BCUT2D eigenvalue weighted by Gasteiger charge is -2.19. The minimum atomic E-state index is 0.319. The van der Waals surface area contributed by atoms with Gasteiger partial charge in [0.25, 0.3) is 0 Å². The lowest BCUT2D eigenvalue weighted by molar-refractivity contribution is 0.421. The van der Waals surface area contributed by atoms with Crippen LogP contribution in [0.4, 0.5) is 0 Å².